The Kier molecular flexibility index (Phi) is 3.36. The molecule has 0 spiro atoms. The van der Waals surface area contributed by atoms with Crippen molar-refractivity contribution in [3.8, 4) is 17.2 Å². The van der Waals surface area contributed by atoms with Crippen LogP contribution in [-0.2, 0) is 0 Å². The van der Waals surface area contributed by atoms with Crippen LogP contribution in [0.4, 0.5) is 0 Å². The number of hydrogen-bond acceptors (Lipinski definition) is 5. The molecule has 2 aromatic rings. The molecule has 104 valence electrons. The van der Waals surface area contributed by atoms with Crippen molar-refractivity contribution in [2.24, 2.45) is 0 Å². The van der Waals surface area contributed by atoms with Gasteiger partial charge in [0.05, 0.1) is 10.9 Å². The SMILES string of the molecule is CCC(=O)c1ccc2cc(O)c(C(C)=O)c(O)c2c1O. The Bertz CT molecular complexity index is 731. The number of phenolic OH excluding ortho intramolecular Hbond substituents is 3. The summed E-state index contributed by atoms with van der Waals surface area (Å²) < 4.78 is 0. The Balaban J connectivity index is 2.90. The van der Waals surface area contributed by atoms with Gasteiger partial charge >= 0.3 is 0 Å². The monoisotopic (exact) mass is 274 g/mol. The lowest BCUT2D eigenvalue weighted by molar-refractivity contribution is 0.0983. The van der Waals surface area contributed by atoms with Crippen LogP contribution in [0.2, 0.25) is 0 Å². The molecule has 0 aromatic heterocycles. The molecule has 2 aromatic carbocycles. The molecule has 0 aliphatic rings. The van der Waals surface area contributed by atoms with Crippen molar-refractivity contribution in [3.05, 3.63) is 29.3 Å². The number of carbonyl (C=O) groups excluding carboxylic acids is 2. The second-order valence-corrected chi connectivity index (χ2v) is 4.51. The number of benzene rings is 2. The summed E-state index contributed by atoms with van der Waals surface area (Å²) >= 11 is 0. The molecule has 3 N–H and O–H groups in total. The van der Waals surface area contributed by atoms with Crippen LogP contribution in [0.3, 0.4) is 0 Å². The smallest absolute Gasteiger partial charge is 0.167 e. The van der Waals surface area contributed by atoms with Crippen molar-refractivity contribution >= 4 is 22.3 Å². The van der Waals surface area contributed by atoms with Crippen LogP contribution in [-0.4, -0.2) is 26.9 Å². The molecule has 0 atom stereocenters. The first-order chi connectivity index (χ1) is 9.38. The number of hydrogen-bond donors (Lipinski definition) is 3. The van der Waals surface area contributed by atoms with E-state index in [2.05, 4.69) is 0 Å². The lowest BCUT2D eigenvalue weighted by Gasteiger charge is -2.11. The van der Waals surface area contributed by atoms with Gasteiger partial charge in [-0.15, -0.1) is 0 Å². The largest absolute Gasteiger partial charge is 0.507 e. The van der Waals surface area contributed by atoms with E-state index < -0.39 is 11.5 Å². The Labute approximate surface area is 115 Å². The quantitative estimate of drug-likeness (QED) is 0.748. The van der Waals surface area contributed by atoms with E-state index in [-0.39, 0.29) is 40.2 Å². The summed E-state index contributed by atoms with van der Waals surface area (Å²) in [6.45, 7) is 2.85. The maximum absolute atomic E-state index is 11.7. The molecule has 0 saturated carbocycles. The van der Waals surface area contributed by atoms with Crippen LogP contribution in [0, 0.1) is 0 Å². The lowest BCUT2D eigenvalue weighted by Crippen LogP contribution is -1.99. The Morgan fingerprint density at radius 1 is 1.10 bits per heavy atom. The van der Waals surface area contributed by atoms with Gasteiger partial charge in [-0.25, -0.2) is 0 Å². The molecule has 20 heavy (non-hydrogen) atoms. The molecule has 0 unspecified atom stereocenters. The third kappa shape index (κ3) is 1.97. The number of aromatic hydroxyl groups is 3. The zero-order chi connectivity index (χ0) is 15.0. The molecular weight excluding hydrogens is 260 g/mol. The fourth-order valence-electron chi connectivity index (χ4n) is 2.20. The first-order valence-electron chi connectivity index (χ1n) is 6.13. The van der Waals surface area contributed by atoms with E-state index in [0.29, 0.717) is 5.39 Å². The second kappa shape index (κ2) is 4.85. The van der Waals surface area contributed by atoms with E-state index in [1.165, 1.54) is 25.1 Å². The Hall–Kier alpha value is -2.56. The molecule has 0 saturated heterocycles. The van der Waals surface area contributed by atoms with Gasteiger partial charge in [0.25, 0.3) is 0 Å². The summed E-state index contributed by atoms with van der Waals surface area (Å²) in [7, 11) is 0. The highest BCUT2D eigenvalue weighted by Gasteiger charge is 2.21. The van der Waals surface area contributed by atoms with Gasteiger partial charge in [-0.1, -0.05) is 13.0 Å². The standard InChI is InChI=1S/C15H14O5/c1-3-10(17)9-5-4-8-6-11(18)12(7(2)16)15(20)13(8)14(9)19/h4-6,18-20H,3H2,1-2H3. The number of fused-ring (bicyclic) bond motifs is 1. The topological polar surface area (TPSA) is 94.8 Å². The molecular formula is C15H14O5. The van der Waals surface area contributed by atoms with Gasteiger partial charge in [0.1, 0.15) is 22.8 Å². The maximum Gasteiger partial charge on any atom is 0.167 e. The predicted octanol–water partition coefficient (Wildman–Crippen LogP) is 2.75. The fraction of sp³-hybridized carbons (Fsp3) is 0.200. The number of ketones is 2. The Morgan fingerprint density at radius 2 is 1.75 bits per heavy atom. The average molecular weight is 274 g/mol. The van der Waals surface area contributed by atoms with Crippen molar-refractivity contribution in [1.82, 2.24) is 0 Å². The molecule has 0 aliphatic carbocycles. The molecule has 0 radical (unpaired) electrons. The number of rotatable bonds is 3. The number of Topliss-reactive ketones (excluding diaryl/α,β-unsaturated/α-hetero) is 2. The molecule has 0 amide bonds. The molecule has 5 nitrogen and oxygen atoms in total. The molecule has 0 heterocycles. The van der Waals surface area contributed by atoms with Crippen LogP contribution >= 0.6 is 0 Å². The van der Waals surface area contributed by atoms with Gasteiger partial charge in [0.15, 0.2) is 11.6 Å². The number of carbonyl (C=O) groups is 2. The van der Waals surface area contributed by atoms with Gasteiger partial charge in [0, 0.05) is 6.42 Å². The van der Waals surface area contributed by atoms with Gasteiger partial charge in [-0.05, 0) is 24.4 Å². The van der Waals surface area contributed by atoms with Crippen molar-refractivity contribution in [2.75, 3.05) is 0 Å². The normalized spacial score (nSPS) is 10.7. The summed E-state index contributed by atoms with van der Waals surface area (Å²) in [6.07, 6.45) is 0.206. The van der Waals surface area contributed by atoms with Crippen LogP contribution in [0.1, 0.15) is 41.0 Å². The summed E-state index contributed by atoms with van der Waals surface area (Å²) in [4.78, 5) is 23.2. The molecule has 2 rings (SSSR count). The fourth-order valence-corrected chi connectivity index (χ4v) is 2.20. The van der Waals surface area contributed by atoms with E-state index in [1.807, 2.05) is 0 Å². The summed E-state index contributed by atoms with van der Waals surface area (Å²) in [5.41, 5.74) is -0.190. The van der Waals surface area contributed by atoms with Crippen molar-refractivity contribution < 1.29 is 24.9 Å². The van der Waals surface area contributed by atoms with Crippen molar-refractivity contribution in [1.29, 1.82) is 0 Å². The van der Waals surface area contributed by atoms with Gasteiger partial charge in [-0.3, -0.25) is 9.59 Å². The van der Waals surface area contributed by atoms with Gasteiger partial charge in [0.2, 0.25) is 0 Å². The molecule has 0 fully saturated rings. The van der Waals surface area contributed by atoms with Gasteiger partial charge in [-0.2, -0.15) is 0 Å². The van der Waals surface area contributed by atoms with E-state index in [1.54, 1.807) is 6.92 Å². The summed E-state index contributed by atoms with van der Waals surface area (Å²) in [6, 6.07) is 4.20. The van der Waals surface area contributed by atoms with Crippen LogP contribution in [0.15, 0.2) is 18.2 Å². The summed E-state index contributed by atoms with van der Waals surface area (Å²) in [5.74, 6) is -2.07. The van der Waals surface area contributed by atoms with Crippen LogP contribution < -0.4 is 0 Å². The third-order valence-electron chi connectivity index (χ3n) is 3.21. The number of phenols is 3. The molecule has 5 heteroatoms. The zero-order valence-corrected chi connectivity index (χ0v) is 11.1. The Morgan fingerprint density at radius 3 is 2.30 bits per heavy atom. The maximum atomic E-state index is 11.7. The first kappa shape index (κ1) is 13.9. The average Bonchev–Trinajstić information content (AvgIpc) is 2.37. The lowest BCUT2D eigenvalue weighted by atomic mass is 9.97. The zero-order valence-electron chi connectivity index (χ0n) is 11.1. The first-order valence-corrected chi connectivity index (χ1v) is 6.13. The van der Waals surface area contributed by atoms with Crippen molar-refractivity contribution in [2.45, 2.75) is 20.3 Å². The highest BCUT2D eigenvalue weighted by Crippen LogP contribution is 2.42. The van der Waals surface area contributed by atoms with E-state index in [4.69, 9.17) is 0 Å². The summed E-state index contributed by atoms with van der Waals surface area (Å²) in [5, 5.41) is 30.3. The third-order valence-corrected chi connectivity index (χ3v) is 3.21. The highest BCUT2D eigenvalue weighted by atomic mass is 16.3. The minimum absolute atomic E-state index is 0.00713. The van der Waals surface area contributed by atoms with Crippen LogP contribution in [0.5, 0.6) is 17.2 Å². The highest BCUT2D eigenvalue weighted by molar-refractivity contribution is 6.11. The van der Waals surface area contributed by atoms with E-state index in [0.717, 1.165) is 0 Å². The van der Waals surface area contributed by atoms with E-state index in [9.17, 15) is 24.9 Å². The van der Waals surface area contributed by atoms with E-state index >= 15 is 0 Å². The van der Waals surface area contributed by atoms with Crippen LogP contribution in [0.25, 0.3) is 10.8 Å². The second-order valence-electron chi connectivity index (χ2n) is 4.51. The minimum atomic E-state index is -0.534. The minimum Gasteiger partial charge on any atom is -0.507 e. The predicted molar refractivity (Wildman–Crippen MR) is 73.6 cm³/mol. The van der Waals surface area contributed by atoms with Gasteiger partial charge < -0.3 is 15.3 Å². The molecule has 0 bridgehead atoms. The van der Waals surface area contributed by atoms with Crippen molar-refractivity contribution in [3.63, 3.8) is 0 Å². The molecule has 0 aliphatic heterocycles.